The van der Waals surface area contributed by atoms with Gasteiger partial charge in [0.25, 0.3) is 0 Å². The van der Waals surface area contributed by atoms with Crippen LogP contribution in [0.2, 0.25) is 0 Å². The van der Waals surface area contributed by atoms with E-state index in [-0.39, 0.29) is 5.11 Å². The van der Waals surface area contributed by atoms with Gasteiger partial charge in [0.15, 0.2) is 5.11 Å². The Morgan fingerprint density at radius 2 is 1.91 bits per heavy atom. The summed E-state index contributed by atoms with van der Waals surface area (Å²) < 4.78 is 0. The first-order valence-corrected chi connectivity index (χ1v) is 3.06. The molecule has 5 N–H and O–H groups in total. The van der Waals surface area contributed by atoms with Crippen molar-refractivity contribution in [2.24, 2.45) is 5.73 Å². The largest absolute Gasteiger partial charge is 0.351 e. The van der Waals surface area contributed by atoms with E-state index in [4.69, 9.17) is 5.73 Å². The van der Waals surface area contributed by atoms with E-state index in [2.05, 4.69) is 22.9 Å². The number of hydrogen-bond donors (Lipinski definition) is 4. The van der Waals surface area contributed by atoms with Crippen LogP contribution in [0.3, 0.4) is 0 Å². The molecule has 0 saturated heterocycles. The first kappa shape index (κ1) is 9.63. The number of nitrogens with one attached hydrogen (secondary N) is 3. The maximum atomic E-state index is 10.5. The quantitative estimate of drug-likeness (QED) is 0.351. The number of amides is 4. The predicted octanol–water partition coefficient (Wildman–Crippen LogP) is -1.13. The summed E-state index contributed by atoms with van der Waals surface area (Å²) in [7, 11) is 1.42. The number of nitrogens with two attached hydrogens (primary N) is 1. The molecular weight excluding hydrogens is 168 g/mol. The van der Waals surface area contributed by atoms with E-state index in [1.54, 1.807) is 0 Å². The van der Waals surface area contributed by atoms with Crippen LogP contribution in [-0.4, -0.2) is 24.2 Å². The second-order valence-electron chi connectivity index (χ2n) is 1.52. The molecule has 0 spiro atoms. The summed E-state index contributed by atoms with van der Waals surface area (Å²) >= 11 is 4.49. The molecule has 0 aromatic carbocycles. The Kier molecular flexibility index (Phi) is 3.89. The van der Waals surface area contributed by atoms with Crippen LogP contribution in [0.15, 0.2) is 0 Å². The fourth-order valence-corrected chi connectivity index (χ4v) is 0.502. The van der Waals surface area contributed by atoms with Gasteiger partial charge in [0.2, 0.25) is 0 Å². The molecule has 4 amide bonds. The van der Waals surface area contributed by atoms with Crippen molar-refractivity contribution in [3.8, 4) is 0 Å². The smallest absolute Gasteiger partial charge is 0.320 e. The monoisotopic (exact) mass is 176 g/mol. The second kappa shape index (κ2) is 4.45. The molecule has 0 bridgehead atoms. The van der Waals surface area contributed by atoms with E-state index in [0.717, 1.165) is 0 Å². The molecule has 0 aliphatic carbocycles. The van der Waals surface area contributed by atoms with E-state index >= 15 is 0 Å². The maximum absolute atomic E-state index is 10.5. The lowest BCUT2D eigenvalue weighted by atomic mass is 10.8. The number of carbonyl (C=O) groups excluding carboxylic acids is 2. The molecular formula is C4H8N4O2S. The highest BCUT2D eigenvalue weighted by Gasteiger charge is 2.01. The van der Waals surface area contributed by atoms with Crippen molar-refractivity contribution >= 4 is 29.4 Å². The lowest BCUT2D eigenvalue weighted by molar-refractivity contribution is 0.247. The molecule has 0 rings (SSSR count). The van der Waals surface area contributed by atoms with E-state index < -0.39 is 12.1 Å². The van der Waals surface area contributed by atoms with Gasteiger partial charge < -0.3 is 11.1 Å². The van der Waals surface area contributed by atoms with Crippen LogP contribution >= 0.6 is 12.2 Å². The highest BCUT2D eigenvalue weighted by Crippen LogP contribution is 1.66. The van der Waals surface area contributed by atoms with Gasteiger partial charge in [-0.2, -0.15) is 0 Å². The Hall–Kier alpha value is -1.37. The molecule has 0 unspecified atom stereocenters. The van der Waals surface area contributed by atoms with Crippen molar-refractivity contribution in [1.82, 2.24) is 16.0 Å². The summed E-state index contributed by atoms with van der Waals surface area (Å²) in [5.74, 6) is 0. The van der Waals surface area contributed by atoms with Crippen LogP contribution in [0.1, 0.15) is 0 Å². The van der Waals surface area contributed by atoms with Crippen LogP contribution < -0.4 is 21.7 Å². The zero-order valence-corrected chi connectivity index (χ0v) is 6.62. The summed E-state index contributed by atoms with van der Waals surface area (Å²) in [6.07, 6.45) is 0. The summed E-state index contributed by atoms with van der Waals surface area (Å²) in [4.78, 5) is 20.6. The molecule has 0 aromatic rings. The van der Waals surface area contributed by atoms with Crippen molar-refractivity contribution in [2.75, 3.05) is 7.05 Å². The van der Waals surface area contributed by atoms with Crippen molar-refractivity contribution in [3.63, 3.8) is 0 Å². The number of carbonyl (C=O) groups is 2. The van der Waals surface area contributed by atoms with Crippen LogP contribution in [0.4, 0.5) is 9.59 Å². The molecule has 0 atom stereocenters. The van der Waals surface area contributed by atoms with Crippen LogP contribution in [-0.2, 0) is 0 Å². The van der Waals surface area contributed by atoms with Crippen molar-refractivity contribution in [3.05, 3.63) is 0 Å². The second-order valence-corrected chi connectivity index (χ2v) is 1.93. The minimum atomic E-state index is -0.814. The maximum Gasteiger partial charge on any atom is 0.320 e. The lowest BCUT2D eigenvalue weighted by Gasteiger charge is -2.04. The standard InChI is InChI=1S/C4H8N4O2S/c1-6-3(10)8-4(11)7-2(5)9/h1H3,(H5,5,6,7,8,9,10,11). The summed E-state index contributed by atoms with van der Waals surface area (Å²) in [6.45, 7) is 0. The van der Waals surface area contributed by atoms with Gasteiger partial charge in [-0.3, -0.25) is 10.6 Å². The topological polar surface area (TPSA) is 96.2 Å². The fraction of sp³-hybridized carbons (Fsp3) is 0.250. The number of hydrogen-bond acceptors (Lipinski definition) is 3. The number of urea groups is 2. The van der Waals surface area contributed by atoms with E-state index in [1.165, 1.54) is 7.05 Å². The molecule has 0 aromatic heterocycles. The third-order valence-corrected chi connectivity index (χ3v) is 0.895. The average molecular weight is 176 g/mol. The van der Waals surface area contributed by atoms with Gasteiger partial charge in [-0.25, -0.2) is 9.59 Å². The highest BCUT2D eigenvalue weighted by atomic mass is 32.1. The van der Waals surface area contributed by atoms with Gasteiger partial charge in [-0.1, -0.05) is 0 Å². The molecule has 0 radical (unpaired) electrons. The molecule has 11 heavy (non-hydrogen) atoms. The summed E-state index contributed by atoms with van der Waals surface area (Å²) in [5.41, 5.74) is 4.70. The Labute approximate surface area is 68.5 Å². The highest BCUT2D eigenvalue weighted by molar-refractivity contribution is 7.80. The van der Waals surface area contributed by atoms with Gasteiger partial charge in [-0.05, 0) is 12.2 Å². The first-order valence-electron chi connectivity index (χ1n) is 2.65. The van der Waals surface area contributed by atoms with Gasteiger partial charge >= 0.3 is 12.1 Å². The van der Waals surface area contributed by atoms with Crippen molar-refractivity contribution in [2.45, 2.75) is 0 Å². The number of thiocarbonyl (C=S) groups is 1. The predicted molar refractivity (Wildman–Crippen MR) is 42.9 cm³/mol. The van der Waals surface area contributed by atoms with Gasteiger partial charge in [0.1, 0.15) is 0 Å². The van der Waals surface area contributed by atoms with Gasteiger partial charge in [-0.15, -0.1) is 0 Å². The molecule has 0 aliphatic heterocycles. The minimum absolute atomic E-state index is 0.128. The van der Waals surface area contributed by atoms with Crippen LogP contribution in [0.25, 0.3) is 0 Å². The SMILES string of the molecule is CNC(=O)NC(=S)NC(N)=O. The normalized spacial score (nSPS) is 8.09. The Bertz CT molecular complexity index is 193. The van der Waals surface area contributed by atoms with Crippen molar-refractivity contribution < 1.29 is 9.59 Å². The first-order chi connectivity index (χ1) is 5.06. The molecule has 0 aliphatic rings. The Morgan fingerprint density at radius 1 is 1.36 bits per heavy atom. The van der Waals surface area contributed by atoms with Crippen LogP contribution in [0.5, 0.6) is 0 Å². The zero-order valence-electron chi connectivity index (χ0n) is 5.80. The third kappa shape index (κ3) is 5.09. The third-order valence-electron chi connectivity index (χ3n) is 0.691. The van der Waals surface area contributed by atoms with Crippen molar-refractivity contribution in [1.29, 1.82) is 0 Å². The number of rotatable bonds is 0. The molecule has 0 saturated carbocycles. The average Bonchev–Trinajstić information content (AvgIpc) is 1.85. The fourth-order valence-electron chi connectivity index (χ4n) is 0.309. The Morgan fingerprint density at radius 3 is 2.27 bits per heavy atom. The molecule has 7 heteroatoms. The molecule has 0 fully saturated rings. The van der Waals surface area contributed by atoms with E-state index in [9.17, 15) is 9.59 Å². The lowest BCUT2D eigenvalue weighted by Crippen LogP contribution is -2.47. The van der Waals surface area contributed by atoms with E-state index in [0.29, 0.717) is 0 Å². The summed E-state index contributed by atoms with van der Waals surface area (Å²) in [6, 6.07) is -1.32. The molecule has 6 nitrogen and oxygen atoms in total. The minimum Gasteiger partial charge on any atom is -0.351 e. The Balaban J connectivity index is 3.70. The molecule has 62 valence electrons. The van der Waals surface area contributed by atoms with Crippen LogP contribution in [0, 0.1) is 0 Å². The zero-order chi connectivity index (χ0) is 8.85. The number of primary amides is 1. The van der Waals surface area contributed by atoms with E-state index in [1.807, 2.05) is 5.32 Å². The van der Waals surface area contributed by atoms with Gasteiger partial charge in [0.05, 0.1) is 0 Å². The van der Waals surface area contributed by atoms with Gasteiger partial charge in [0, 0.05) is 7.05 Å². The summed E-state index contributed by atoms with van der Waals surface area (Å²) in [5, 5.41) is 6.25. The molecule has 0 heterocycles.